The number of carbonyl (C=O) groups excluding carboxylic acids is 3. The van der Waals surface area contributed by atoms with Crippen LogP contribution in [0.3, 0.4) is 0 Å². The Morgan fingerprint density at radius 2 is 1.27 bits per heavy atom. The highest BCUT2D eigenvalue weighted by Crippen LogP contribution is 1.97. The minimum absolute atomic E-state index is 0.00695. The summed E-state index contributed by atoms with van der Waals surface area (Å²) in [7, 11) is 0. The lowest BCUT2D eigenvalue weighted by Gasteiger charge is -2.22. The zero-order valence-electron chi connectivity index (χ0n) is 12.4. The summed E-state index contributed by atoms with van der Waals surface area (Å²) in [6.07, 6.45) is 1.10. The van der Waals surface area contributed by atoms with Gasteiger partial charge in [0, 0.05) is 32.6 Å². The molecule has 0 heterocycles. The second kappa shape index (κ2) is 14.1. The summed E-state index contributed by atoms with van der Waals surface area (Å²) in [5, 5.41) is 5.35. The van der Waals surface area contributed by atoms with E-state index in [1.54, 1.807) is 0 Å². The van der Waals surface area contributed by atoms with E-state index in [1.165, 1.54) is 0 Å². The van der Waals surface area contributed by atoms with Crippen molar-refractivity contribution in [3.05, 3.63) is 0 Å². The number of Topliss-reactive ketones (excluding diaryl/α,β-unsaturated/α-hetero) is 1. The Labute approximate surface area is 145 Å². The second-order valence-electron chi connectivity index (χ2n) is 4.58. The average molecular weight is 375 g/mol. The molecule has 0 spiro atoms. The molecule has 0 saturated carbocycles. The minimum atomic E-state index is -0.227. The second-order valence-corrected chi connectivity index (χ2v) is 5.39. The fourth-order valence-corrected chi connectivity index (χ4v) is 2.03. The molecular formula is C13H22Cl3N3O3. The first-order valence-electron chi connectivity index (χ1n) is 6.98. The van der Waals surface area contributed by atoms with Crippen LogP contribution in [0.5, 0.6) is 0 Å². The van der Waals surface area contributed by atoms with Gasteiger partial charge in [0.1, 0.15) is 17.5 Å². The molecule has 0 aromatic carbocycles. The predicted octanol–water partition coefficient (Wildman–Crippen LogP) is 0.587. The Bertz CT molecular complexity index is 304. The lowest BCUT2D eigenvalue weighted by molar-refractivity contribution is -0.119. The Morgan fingerprint density at radius 3 is 1.68 bits per heavy atom. The first-order valence-corrected chi connectivity index (χ1v) is 8.59. The number of amides is 2. The molecule has 0 saturated heterocycles. The lowest BCUT2D eigenvalue weighted by atomic mass is 10.2. The number of hydrogen-bond donors (Lipinski definition) is 2. The highest BCUT2D eigenvalue weighted by molar-refractivity contribution is 6.28. The standard InChI is InChI=1S/C13H22Cl3N3O3/c14-8-11(20)2-1-5-19(6-3-17-12(21)9-15)7-4-18-13(22)10-16/h1-10H2,(H,17,21)(H,18,22). The first-order chi connectivity index (χ1) is 10.5. The maximum Gasteiger partial charge on any atom is 0.234 e. The van der Waals surface area contributed by atoms with Crippen LogP contribution in [0.15, 0.2) is 0 Å². The Balaban J connectivity index is 4.09. The van der Waals surface area contributed by atoms with Crippen LogP contribution in [0.2, 0.25) is 0 Å². The van der Waals surface area contributed by atoms with Gasteiger partial charge in [-0.1, -0.05) is 0 Å². The Hall–Kier alpha value is -0.560. The topological polar surface area (TPSA) is 78.5 Å². The lowest BCUT2D eigenvalue weighted by Crippen LogP contribution is -2.40. The smallest absolute Gasteiger partial charge is 0.234 e. The van der Waals surface area contributed by atoms with Gasteiger partial charge in [-0.15, -0.1) is 34.8 Å². The quantitative estimate of drug-likeness (QED) is 0.462. The van der Waals surface area contributed by atoms with Crippen LogP contribution >= 0.6 is 34.8 Å². The van der Waals surface area contributed by atoms with Crippen molar-refractivity contribution in [2.24, 2.45) is 0 Å². The van der Waals surface area contributed by atoms with Crippen molar-refractivity contribution in [3.8, 4) is 0 Å². The third-order valence-corrected chi connectivity index (χ3v) is 3.61. The minimum Gasteiger partial charge on any atom is -0.354 e. The van der Waals surface area contributed by atoms with E-state index >= 15 is 0 Å². The largest absolute Gasteiger partial charge is 0.354 e. The fraction of sp³-hybridized carbons (Fsp3) is 0.769. The number of ketones is 1. The normalized spacial score (nSPS) is 10.5. The molecule has 0 rings (SSSR count). The third-order valence-electron chi connectivity index (χ3n) is 2.82. The number of carbonyl (C=O) groups is 3. The summed E-state index contributed by atoms with van der Waals surface area (Å²) >= 11 is 16.3. The molecule has 128 valence electrons. The predicted molar refractivity (Wildman–Crippen MR) is 88.9 cm³/mol. The molecule has 0 aliphatic heterocycles. The van der Waals surface area contributed by atoms with Crippen molar-refractivity contribution in [2.75, 3.05) is 50.4 Å². The number of nitrogens with zero attached hydrogens (tertiary/aromatic N) is 1. The van der Waals surface area contributed by atoms with Crippen molar-refractivity contribution < 1.29 is 14.4 Å². The number of nitrogens with one attached hydrogen (secondary N) is 2. The van der Waals surface area contributed by atoms with Crippen molar-refractivity contribution in [1.82, 2.24) is 15.5 Å². The van der Waals surface area contributed by atoms with Gasteiger partial charge in [-0.25, -0.2) is 0 Å². The first kappa shape index (κ1) is 21.4. The van der Waals surface area contributed by atoms with Gasteiger partial charge in [0.25, 0.3) is 0 Å². The maximum atomic E-state index is 11.2. The van der Waals surface area contributed by atoms with Crippen LogP contribution in [0, 0.1) is 0 Å². The van der Waals surface area contributed by atoms with E-state index in [2.05, 4.69) is 10.6 Å². The highest BCUT2D eigenvalue weighted by atomic mass is 35.5. The molecule has 0 bridgehead atoms. The van der Waals surface area contributed by atoms with Crippen LogP contribution in [-0.2, 0) is 14.4 Å². The third kappa shape index (κ3) is 12.0. The number of halogens is 3. The van der Waals surface area contributed by atoms with Gasteiger partial charge in [-0.2, -0.15) is 0 Å². The van der Waals surface area contributed by atoms with E-state index in [1.807, 2.05) is 4.90 Å². The molecule has 9 heteroatoms. The van der Waals surface area contributed by atoms with Gasteiger partial charge in [0.2, 0.25) is 11.8 Å². The molecular weight excluding hydrogens is 353 g/mol. The zero-order chi connectivity index (χ0) is 16.8. The Morgan fingerprint density at radius 1 is 0.773 bits per heavy atom. The van der Waals surface area contributed by atoms with Crippen molar-refractivity contribution in [1.29, 1.82) is 0 Å². The van der Waals surface area contributed by atoms with E-state index in [9.17, 15) is 14.4 Å². The number of alkyl halides is 3. The van der Waals surface area contributed by atoms with E-state index in [4.69, 9.17) is 34.8 Å². The van der Waals surface area contributed by atoms with Crippen LogP contribution in [0.25, 0.3) is 0 Å². The summed E-state index contributed by atoms with van der Waals surface area (Å²) < 4.78 is 0. The van der Waals surface area contributed by atoms with Gasteiger partial charge in [0.05, 0.1) is 5.88 Å². The van der Waals surface area contributed by atoms with Crippen LogP contribution in [0.1, 0.15) is 12.8 Å². The van der Waals surface area contributed by atoms with Crippen LogP contribution in [0.4, 0.5) is 0 Å². The van der Waals surface area contributed by atoms with E-state index in [0.29, 0.717) is 45.6 Å². The molecule has 0 aliphatic carbocycles. The van der Waals surface area contributed by atoms with Gasteiger partial charge in [-0.3, -0.25) is 19.3 Å². The number of rotatable bonds is 13. The number of hydrogen-bond acceptors (Lipinski definition) is 4. The van der Waals surface area contributed by atoms with Crippen molar-refractivity contribution in [3.63, 3.8) is 0 Å². The molecule has 22 heavy (non-hydrogen) atoms. The maximum absolute atomic E-state index is 11.2. The van der Waals surface area contributed by atoms with E-state index < -0.39 is 0 Å². The molecule has 6 nitrogen and oxygen atoms in total. The molecule has 0 radical (unpaired) electrons. The molecule has 0 unspecified atom stereocenters. The SMILES string of the molecule is O=C(CCl)CCCN(CCNC(=O)CCl)CCNC(=O)CCl. The van der Waals surface area contributed by atoms with Gasteiger partial charge >= 0.3 is 0 Å². The van der Waals surface area contributed by atoms with E-state index in [-0.39, 0.29) is 35.2 Å². The van der Waals surface area contributed by atoms with Gasteiger partial charge in [0.15, 0.2) is 0 Å². The molecule has 2 amide bonds. The molecule has 2 N–H and O–H groups in total. The molecule has 0 aliphatic rings. The molecule has 0 atom stereocenters. The van der Waals surface area contributed by atoms with Crippen molar-refractivity contribution in [2.45, 2.75) is 12.8 Å². The monoisotopic (exact) mass is 373 g/mol. The van der Waals surface area contributed by atoms with Crippen molar-refractivity contribution >= 4 is 52.4 Å². The summed E-state index contributed by atoms with van der Waals surface area (Å²) in [6.45, 7) is 2.80. The summed E-state index contributed by atoms with van der Waals surface area (Å²) in [4.78, 5) is 35.4. The molecule has 0 aromatic heterocycles. The van der Waals surface area contributed by atoms with Gasteiger partial charge in [-0.05, 0) is 13.0 Å². The fourth-order valence-electron chi connectivity index (χ4n) is 1.70. The Kier molecular flexibility index (Phi) is 13.7. The van der Waals surface area contributed by atoms with Crippen LogP contribution in [-0.4, -0.2) is 72.9 Å². The van der Waals surface area contributed by atoms with Crippen LogP contribution < -0.4 is 10.6 Å². The van der Waals surface area contributed by atoms with Gasteiger partial charge < -0.3 is 10.6 Å². The summed E-state index contributed by atoms with van der Waals surface area (Å²) in [5.74, 6) is -0.569. The zero-order valence-corrected chi connectivity index (χ0v) is 14.6. The average Bonchev–Trinajstić information content (AvgIpc) is 2.53. The summed E-state index contributed by atoms with van der Waals surface area (Å²) in [5.41, 5.74) is 0. The highest BCUT2D eigenvalue weighted by Gasteiger charge is 2.08. The van der Waals surface area contributed by atoms with E-state index in [0.717, 1.165) is 0 Å². The molecule has 0 aromatic rings. The molecule has 0 fully saturated rings. The summed E-state index contributed by atoms with van der Waals surface area (Å²) in [6, 6.07) is 0.